The van der Waals surface area contributed by atoms with Crippen molar-refractivity contribution in [3.63, 3.8) is 0 Å². The van der Waals surface area contributed by atoms with Gasteiger partial charge in [0, 0.05) is 32.4 Å². The molecular formula is C14H27N3O. The molecule has 0 fully saturated rings. The first-order chi connectivity index (χ1) is 8.44. The predicted molar refractivity (Wildman–Crippen MR) is 74.8 cm³/mol. The minimum Gasteiger partial charge on any atom is -0.383 e. The Hall–Kier alpha value is -0.870. The Bertz CT molecular complexity index is 345. The molecule has 1 heterocycles. The van der Waals surface area contributed by atoms with Gasteiger partial charge in [0.2, 0.25) is 0 Å². The minimum atomic E-state index is 0.212. The monoisotopic (exact) mass is 253 g/mol. The molecule has 0 saturated heterocycles. The second-order valence-electron chi connectivity index (χ2n) is 5.89. The van der Waals surface area contributed by atoms with E-state index in [-0.39, 0.29) is 5.41 Å². The summed E-state index contributed by atoms with van der Waals surface area (Å²) in [6, 6.07) is 2.55. The molecule has 1 aromatic heterocycles. The van der Waals surface area contributed by atoms with E-state index in [9.17, 15) is 0 Å². The highest BCUT2D eigenvalue weighted by Gasteiger charge is 2.19. The molecule has 1 rings (SSSR count). The molecule has 104 valence electrons. The Morgan fingerprint density at radius 2 is 2.17 bits per heavy atom. The predicted octanol–water partition coefficient (Wildman–Crippen LogP) is 2.27. The van der Waals surface area contributed by atoms with Crippen LogP contribution in [0, 0.1) is 5.41 Å². The average molecular weight is 253 g/mol. The van der Waals surface area contributed by atoms with Crippen molar-refractivity contribution in [3.05, 3.63) is 18.0 Å². The molecule has 0 aromatic carbocycles. The van der Waals surface area contributed by atoms with Crippen molar-refractivity contribution in [1.82, 2.24) is 15.1 Å². The molecule has 4 heteroatoms. The van der Waals surface area contributed by atoms with Crippen LogP contribution in [0.1, 0.15) is 39.4 Å². The normalized spacial score (nSPS) is 12.3. The molecule has 0 unspecified atom stereocenters. The average Bonchev–Trinajstić information content (AvgIpc) is 2.72. The first kappa shape index (κ1) is 15.2. The summed E-state index contributed by atoms with van der Waals surface area (Å²) < 4.78 is 7.04. The van der Waals surface area contributed by atoms with E-state index in [4.69, 9.17) is 4.74 Å². The zero-order chi connectivity index (χ0) is 13.6. The SMILES string of the molecule is COCCNCC(C)(C)Cc1ccn(C(C)C)n1. The maximum absolute atomic E-state index is 5.03. The highest BCUT2D eigenvalue weighted by atomic mass is 16.5. The third-order valence-electron chi connectivity index (χ3n) is 2.94. The van der Waals surface area contributed by atoms with E-state index in [1.54, 1.807) is 7.11 Å². The van der Waals surface area contributed by atoms with E-state index in [0.29, 0.717) is 6.04 Å². The lowest BCUT2D eigenvalue weighted by Gasteiger charge is -2.24. The fourth-order valence-electron chi connectivity index (χ4n) is 1.91. The molecule has 0 aliphatic heterocycles. The molecular weight excluding hydrogens is 226 g/mol. The highest BCUT2D eigenvalue weighted by Crippen LogP contribution is 2.20. The topological polar surface area (TPSA) is 39.1 Å². The third-order valence-corrected chi connectivity index (χ3v) is 2.94. The van der Waals surface area contributed by atoms with Crippen LogP contribution >= 0.6 is 0 Å². The molecule has 0 saturated carbocycles. The van der Waals surface area contributed by atoms with Gasteiger partial charge in [-0.3, -0.25) is 4.68 Å². The summed E-state index contributed by atoms with van der Waals surface area (Å²) in [7, 11) is 1.73. The van der Waals surface area contributed by atoms with Crippen LogP contribution in [0.4, 0.5) is 0 Å². The van der Waals surface area contributed by atoms with Gasteiger partial charge in [-0.1, -0.05) is 13.8 Å². The van der Waals surface area contributed by atoms with E-state index in [1.165, 1.54) is 5.69 Å². The van der Waals surface area contributed by atoms with Crippen molar-refractivity contribution < 1.29 is 4.74 Å². The van der Waals surface area contributed by atoms with Crippen molar-refractivity contribution in [3.8, 4) is 0 Å². The first-order valence-corrected chi connectivity index (χ1v) is 6.68. The van der Waals surface area contributed by atoms with Gasteiger partial charge < -0.3 is 10.1 Å². The molecule has 1 N–H and O–H groups in total. The molecule has 4 nitrogen and oxygen atoms in total. The summed E-state index contributed by atoms with van der Waals surface area (Å²) in [5.41, 5.74) is 1.38. The molecule has 0 aliphatic rings. The number of rotatable bonds is 8. The van der Waals surface area contributed by atoms with Gasteiger partial charge in [-0.05, 0) is 31.7 Å². The van der Waals surface area contributed by atoms with Gasteiger partial charge in [0.15, 0.2) is 0 Å². The van der Waals surface area contributed by atoms with Crippen LogP contribution in [0.3, 0.4) is 0 Å². The number of hydrogen-bond donors (Lipinski definition) is 1. The molecule has 0 atom stereocenters. The lowest BCUT2D eigenvalue weighted by Crippen LogP contribution is -2.33. The van der Waals surface area contributed by atoms with E-state index in [0.717, 1.165) is 26.1 Å². The molecule has 18 heavy (non-hydrogen) atoms. The van der Waals surface area contributed by atoms with Crippen LogP contribution in [0.2, 0.25) is 0 Å². The standard InChI is InChI=1S/C14H27N3O/c1-12(2)17-8-6-13(16-17)10-14(3,4)11-15-7-9-18-5/h6,8,12,15H,7,9-11H2,1-5H3. The van der Waals surface area contributed by atoms with Gasteiger partial charge in [0.1, 0.15) is 0 Å². The zero-order valence-electron chi connectivity index (χ0n) is 12.4. The van der Waals surface area contributed by atoms with Crippen molar-refractivity contribution in [1.29, 1.82) is 0 Å². The summed E-state index contributed by atoms with van der Waals surface area (Å²) in [6.07, 6.45) is 3.06. The number of aromatic nitrogens is 2. The van der Waals surface area contributed by atoms with Crippen LogP contribution < -0.4 is 5.32 Å². The third kappa shape index (κ3) is 5.19. The Kier molecular flexibility index (Phi) is 5.82. The van der Waals surface area contributed by atoms with E-state index in [1.807, 2.05) is 4.68 Å². The van der Waals surface area contributed by atoms with Gasteiger partial charge in [-0.25, -0.2) is 0 Å². The Morgan fingerprint density at radius 1 is 1.44 bits per heavy atom. The second kappa shape index (κ2) is 6.90. The van der Waals surface area contributed by atoms with Gasteiger partial charge in [-0.2, -0.15) is 5.10 Å². The van der Waals surface area contributed by atoms with E-state index in [2.05, 4.69) is 50.4 Å². The lowest BCUT2D eigenvalue weighted by molar-refractivity contribution is 0.193. The Morgan fingerprint density at radius 3 is 2.72 bits per heavy atom. The maximum Gasteiger partial charge on any atom is 0.0630 e. The van der Waals surface area contributed by atoms with E-state index >= 15 is 0 Å². The molecule has 0 spiro atoms. The van der Waals surface area contributed by atoms with Crippen LogP contribution in [-0.2, 0) is 11.2 Å². The van der Waals surface area contributed by atoms with Crippen LogP contribution in [-0.4, -0.2) is 36.6 Å². The number of nitrogens with one attached hydrogen (secondary N) is 1. The van der Waals surface area contributed by atoms with Gasteiger partial charge >= 0.3 is 0 Å². The second-order valence-corrected chi connectivity index (χ2v) is 5.89. The number of nitrogens with zero attached hydrogens (tertiary/aromatic N) is 2. The lowest BCUT2D eigenvalue weighted by atomic mass is 9.88. The Labute approximate surface area is 111 Å². The van der Waals surface area contributed by atoms with Gasteiger partial charge in [0.25, 0.3) is 0 Å². The highest BCUT2D eigenvalue weighted by molar-refractivity contribution is 5.03. The largest absolute Gasteiger partial charge is 0.383 e. The molecule has 0 aliphatic carbocycles. The summed E-state index contributed by atoms with van der Waals surface area (Å²) in [5.74, 6) is 0. The van der Waals surface area contributed by atoms with Crippen molar-refractivity contribution in [2.75, 3.05) is 26.8 Å². The molecule has 1 aromatic rings. The fourth-order valence-corrected chi connectivity index (χ4v) is 1.91. The minimum absolute atomic E-state index is 0.212. The summed E-state index contributed by atoms with van der Waals surface area (Å²) in [6.45, 7) is 11.5. The van der Waals surface area contributed by atoms with Gasteiger partial charge in [0.05, 0.1) is 12.3 Å². The molecule has 0 bridgehead atoms. The van der Waals surface area contributed by atoms with E-state index < -0.39 is 0 Å². The van der Waals surface area contributed by atoms with Gasteiger partial charge in [-0.15, -0.1) is 0 Å². The van der Waals surface area contributed by atoms with Crippen molar-refractivity contribution in [2.24, 2.45) is 5.41 Å². The number of methoxy groups -OCH3 is 1. The van der Waals surface area contributed by atoms with Crippen LogP contribution in [0.25, 0.3) is 0 Å². The van der Waals surface area contributed by atoms with Crippen molar-refractivity contribution >= 4 is 0 Å². The quantitative estimate of drug-likeness (QED) is 0.722. The Balaban J connectivity index is 2.43. The smallest absolute Gasteiger partial charge is 0.0630 e. The maximum atomic E-state index is 5.03. The summed E-state index contributed by atoms with van der Waals surface area (Å²) >= 11 is 0. The number of ether oxygens (including phenoxy) is 1. The van der Waals surface area contributed by atoms with Crippen LogP contribution in [0.5, 0.6) is 0 Å². The van der Waals surface area contributed by atoms with Crippen molar-refractivity contribution in [2.45, 2.75) is 40.2 Å². The fraction of sp³-hybridized carbons (Fsp3) is 0.786. The first-order valence-electron chi connectivity index (χ1n) is 6.68. The molecule has 0 radical (unpaired) electrons. The summed E-state index contributed by atoms with van der Waals surface area (Å²) in [5, 5.41) is 8.02. The summed E-state index contributed by atoms with van der Waals surface area (Å²) in [4.78, 5) is 0. The molecule has 0 amide bonds. The number of hydrogen-bond acceptors (Lipinski definition) is 3. The van der Waals surface area contributed by atoms with Crippen LogP contribution in [0.15, 0.2) is 12.3 Å². The zero-order valence-corrected chi connectivity index (χ0v) is 12.4.